The molecule has 0 spiro atoms. The van der Waals surface area contributed by atoms with Crippen molar-refractivity contribution in [1.29, 1.82) is 0 Å². The molecule has 3 atom stereocenters. The molecule has 2 aliphatic rings. The lowest BCUT2D eigenvalue weighted by atomic mass is 9.92. The van der Waals surface area contributed by atoms with Gasteiger partial charge in [-0.3, -0.25) is 9.59 Å². The summed E-state index contributed by atoms with van der Waals surface area (Å²) in [5.41, 5.74) is 0. The van der Waals surface area contributed by atoms with Crippen molar-refractivity contribution in [2.75, 3.05) is 13.6 Å². The molecule has 1 amide bonds. The van der Waals surface area contributed by atoms with Crippen LogP contribution in [0, 0.1) is 17.8 Å². The Kier molecular flexibility index (Phi) is 2.50. The highest BCUT2D eigenvalue weighted by Crippen LogP contribution is 2.43. The van der Waals surface area contributed by atoms with Crippen molar-refractivity contribution in [3.63, 3.8) is 0 Å². The predicted octanol–water partition coefficient (Wildman–Crippen LogP) is 0.742. The molecule has 1 N–H and O–H groups in total. The van der Waals surface area contributed by atoms with E-state index in [1.165, 1.54) is 4.90 Å². The topological polar surface area (TPSA) is 57.6 Å². The average molecular weight is 209 g/mol. The molecular weight excluding hydrogens is 194 g/mol. The minimum atomic E-state index is -0.954. The van der Waals surface area contributed by atoms with Crippen molar-refractivity contribution < 1.29 is 14.7 Å². The first-order valence-corrected chi connectivity index (χ1v) is 5.23. The zero-order chi connectivity index (χ0) is 11.0. The zero-order valence-corrected chi connectivity index (χ0v) is 8.72. The highest BCUT2D eigenvalue weighted by atomic mass is 16.4. The van der Waals surface area contributed by atoms with E-state index in [1.807, 2.05) is 0 Å². The number of fused-ring (bicyclic) bond motifs is 2. The molecule has 3 unspecified atom stereocenters. The molecule has 82 valence electrons. The number of carboxylic acids is 1. The summed E-state index contributed by atoms with van der Waals surface area (Å²) in [5.74, 6) is -0.0657. The smallest absolute Gasteiger partial charge is 0.323 e. The molecule has 0 aromatic heterocycles. The number of amides is 1. The third kappa shape index (κ3) is 1.89. The van der Waals surface area contributed by atoms with Gasteiger partial charge in [-0.1, -0.05) is 12.2 Å². The molecule has 0 aliphatic heterocycles. The standard InChI is InChI=1S/C11H15NO3/c1-12(6-10(13)14)11(15)9-5-7-2-3-8(9)4-7/h2-3,7-9H,4-6H2,1H3,(H,13,14). The quantitative estimate of drug-likeness (QED) is 0.697. The van der Waals surface area contributed by atoms with Crippen LogP contribution in [0.3, 0.4) is 0 Å². The number of nitrogens with zero attached hydrogens (tertiary/aromatic N) is 1. The lowest BCUT2D eigenvalue weighted by Gasteiger charge is -2.23. The first kappa shape index (κ1) is 10.2. The van der Waals surface area contributed by atoms with Gasteiger partial charge in [-0.15, -0.1) is 0 Å². The second kappa shape index (κ2) is 3.68. The molecule has 1 fully saturated rings. The third-order valence-corrected chi connectivity index (χ3v) is 3.34. The average Bonchev–Trinajstić information content (AvgIpc) is 2.76. The molecule has 0 heterocycles. The molecule has 2 rings (SSSR count). The lowest BCUT2D eigenvalue weighted by molar-refractivity contribution is -0.145. The van der Waals surface area contributed by atoms with Crippen LogP contribution in [0.5, 0.6) is 0 Å². The maximum absolute atomic E-state index is 11.9. The molecule has 2 bridgehead atoms. The van der Waals surface area contributed by atoms with E-state index in [1.54, 1.807) is 7.05 Å². The number of rotatable bonds is 3. The van der Waals surface area contributed by atoms with E-state index < -0.39 is 5.97 Å². The van der Waals surface area contributed by atoms with E-state index in [4.69, 9.17) is 5.11 Å². The molecule has 15 heavy (non-hydrogen) atoms. The lowest BCUT2D eigenvalue weighted by Crippen LogP contribution is -2.37. The van der Waals surface area contributed by atoms with E-state index in [2.05, 4.69) is 12.2 Å². The van der Waals surface area contributed by atoms with Crippen LogP contribution in [0.2, 0.25) is 0 Å². The Bertz CT molecular complexity index is 324. The second-order valence-corrected chi connectivity index (χ2v) is 4.47. The number of hydrogen-bond acceptors (Lipinski definition) is 2. The first-order valence-electron chi connectivity index (χ1n) is 5.23. The predicted molar refractivity (Wildman–Crippen MR) is 54.1 cm³/mol. The van der Waals surface area contributed by atoms with Gasteiger partial charge in [0.1, 0.15) is 6.54 Å². The molecule has 4 nitrogen and oxygen atoms in total. The Hall–Kier alpha value is -1.32. The Morgan fingerprint density at radius 1 is 1.40 bits per heavy atom. The van der Waals surface area contributed by atoms with Crippen LogP contribution in [-0.4, -0.2) is 35.5 Å². The van der Waals surface area contributed by atoms with Gasteiger partial charge in [0.2, 0.25) is 5.91 Å². The van der Waals surface area contributed by atoms with E-state index in [-0.39, 0.29) is 18.4 Å². The van der Waals surface area contributed by atoms with Crippen LogP contribution in [0.4, 0.5) is 0 Å². The molecule has 2 aliphatic carbocycles. The largest absolute Gasteiger partial charge is 0.480 e. The Balaban J connectivity index is 1.97. The van der Waals surface area contributed by atoms with Gasteiger partial charge < -0.3 is 10.0 Å². The Morgan fingerprint density at radius 2 is 2.13 bits per heavy atom. The summed E-state index contributed by atoms with van der Waals surface area (Å²) in [6.45, 7) is -0.198. The third-order valence-electron chi connectivity index (χ3n) is 3.34. The highest BCUT2D eigenvalue weighted by molar-refractivity contribution is 5.83. The minimum Gasteiger partial charge on any atom is -0.480 e. The monoisotopic (exact) mass is 209 g/mol. The van der Waals surface area contributed by atoms with Crippen molar-refractivity contribution in [1.82, 2.24) is 4.90 Å². The number of aliphatic carboxylic acids is 1. The second-order valence-electron chi connectivity index (χ2n) is 4.47. The number of carboxylic acid groups (broad SMARTS) is 1. The summed E-state index contributed by atoms with van der Waals surface area (Å²) in [6, 6.07) is 0. The fraction of sp³-hybridized carbons (Fsp3) is 0.636. The van der Waals surface area contributed by atoms with Crippen LogP contribution in [0.15, 0.2) is 12.2 Å². The first-order chi connectivity index (χ1) is 7.08. The molecule has 0 aromatic rings. The van der Waals surface area contributed by atoms with Gasteiger partial charge in [0.25, 0.3) is 0 Å². The summed E-state index contributed by atoms with van der Waals surface area (Å²) >= 11 is 0. The van der Waals surface area contributed by atoms with E-state index in [0.717, 1.165) is 12.8 Å². The maximum atomic E-state index is 11.9. The van der Waals surface area contributed by atoms with E-state index in [9.17, 15) is 9.59 Å². The number of carbonyl (C=O) groups excluding carboxylic acids is 1. The molecule has 0 saturated heterocycles. The summed E-state index contributed by atoms with van der Waals surface area (Å²) in [5, 5.41) is 8.60. The van der Waals surface area contributed by atoms with Crippen molar-refractivity contribution in [2.24, 2.45) is 17.8 Å². The summed E-state index contributed by atoms with van der Waals surface area (Å²) < 4.78 is 0. The Morgan fingerprint density at radius 3 is 2.60 bits per heavy atom. The maximum Gasteiger partial charge on any atom is 0.323 e. The van der Waals surface area contributed by atoms with Crippen LogP contribution in [0.25, 0.3) is 0 Å². The van der Waals surface area contributed by atoms with Crippen molar-refractivity contribution in [3.8, 4) is 0 Å². The number of hydrogen-bond donors (Lipinski definition) is 1. The number of likely N-dealkylation sites (N-methyl/N-ethyl adjacent to an activating group) is 1. The van der Waals surface area contributed by atoms with Crippen LogP contribution in [0.1, 0.15) is 12.8 Å². The number of allylic oxidation sites excluding steroid dienone is 2. The summed E-state index contributed by atoms with van der Waals surface area (Å²) in [4.78, 5) is 23.7. The fourth-order valence-electron chi connectivity index (χ4n) is 2.63. The van der Waals surface area contributed by atoms with Gasteiger partial charge in [-0.05, 0) is 24.7 Å². The van der Waals surface area contributed by atoms with Crippen LogP contribution >= 0.6 is 0 Å². The van der Waals surface area contributed by atoms with Gasteiger partial charge in [0.15, 0.2) is 0 Å². The number of carbonyl (C=O) groups is 2. The van der Waals surface area contributed by atoms with E-state index >= 15 is 0 Å². The fourth-order valence-corrected chi connectivity index (χ4v) is 2.63. The van der Waals surface area contributed by atoms with Crippen molar-refractivity contribution in [2.45, 2.75) is 12.8 Å². The normalized spacial score (nSPS) is 31.9. The van der Waals surface area contributed by atoms with Crippen molar-refractivity contribution in [3.05, 3.63) is 12.2 Å². The molecule has 1 saturated carbocycles. The van der Waals surface area contributed by atoms with Crippen molar-refractivity contribution >= 4 is 11.9 Å². The van der Waals surface area contributed by atoms with Gasteiger partial charge >= 0.3 is 5.97 Å². The van der Waals surface area contributed by atoms with Crippen LogP contribution < -0.4 is 0 Å². The molecule has 4 heteroatoms. The van der Waals surface area contributed by atoms with E-state index in [0.29, 0.717) is 11.8 Å². The summed E-state index contributed by atoms with van der Waals surface area (Å²) in [6.07, 6.45) is 6.23. The molecule has 0 radical (unpaired) electrons. The van der Waals surface area contributed by atoms with Gasteiger partial charge in [0.05, 0.1) is 0 Å². The SMILES string of the molecule is CN(CC(=O)O)C(=O)C1CC2C=CC1C2. The summed E-state index contributed by atoms with van der Waals surface area (Å²) in [7, 11) is 1.56. The highest BCUT2D eigenvalue weighted by Gasteiger charge is 2.40. The Labute approximate surface area is 88.6 Å². The molecule has 0 aromatic carbocycles. The minimum absolute atomic E-state index is 0.0179. The zero-order valence-electron chi connectivity index (χ0n) is 8.72. The van der Waals surface area contributed by atoms with Gasteiger partial charge in [-0.25, -0.2) is 0 Å². The van der Waals surface area contributed by atoms with Gasteiger partial charge in [0, 0.05) is 13.0 Å². The molecular formula is C11H15NO3. The van der Waals surface area contributed by atoms with Gasteiger partial charge in [-0.2, -0.15) is 0 Å². The van der Waals surface area contributed by atoms with Crippen LogP contribution in [-0.2, 0) is 9.59 Å².